The molecule has 0 aromatic carbocycles. The molecule has 1 heterocycles. The summed E-state index contributed by atoms with van der Waals surface area (Å²) >= 11 is 0. The second-order valence-electron chi connectivity index (χ2n) is 3.39. The minimum atomic E-state index is -1.00. The summed E-state index contributed by atoms with van der Waals surface area (Å²) in [5.74, 6) is -1.00. The van der Waals surface area contributed by atoms with Crippen molar-refractivity contribution < 1.29 is 14.6 Å². The van der Waals surface area contributed by atoms with Gasteiger partial charge >= 0.3 is 0 Å². The van der Waals surface area contributed by atoms with Gasteiger partial charge in [0.1, 0.15) is 0 Å². The van der Waals surface area contributed by atoms with Crippen LogP contribution in [0.4, 0.5) is 0 Å². The van der Waals surface area contributed by atoms with E-state index < -0.39 is 11.6 Å². The first-order chi connectivity index (χ1) is 5.68. The number of hydrogen-bond acceptors (Lipinski definition) is 3. The van der Waals surface area contributed by atoms with Gasteiger partial charge in [-0.05, 0) is 25.7 Å². The lowest BCUT2D eigenvalue weighted by Gasteiger charge is -2.36. The Balaban J connectivity index is 2.53. The predicted molar refractivity (Wildman–Crippen MR) is 42.4 cm³/mol. The highest BCUT2D eigenvalue weighted by Gasteiger charge is 2.31. The number of carboxylic acids is 1. The maximum Gasteiger partial charge on any atom is 0.0731 e. The summed E-state index contributed by atoms with van der Waals surface area (Å²) in [6.07, 6.45) is 3.79. The molecule has 1 aliphatic heterocycles. The van der Waals surface area contributed by atoms with Crippen LogP contribution in [-0.2, 0) is 9.53 Å². The van der Waals surface area contributed by atoms with Gasteiger partial charge in [-0.25, -0.2) is 0 Å². The van der Waals surface area contributed by atoms with E-state index >= 15 is 0 Å². The van der Waals surface area contributed by atoms with Crippen LogP contribution in [0.2, 0.25) is 0 Å². The molecule has 12 heavy (non-hydrogen) atoms. The summed E-state index contributed by atoms with van der Waals surface area (Å²) in [6.45, 7) is 2.66. The second kappa shape index (κ2) is 3.90. The Morgan fingerprint density at radius 2 is 2.33 bits per heavy atom. The standard InChI is InChI=1S/C9H16O3/c1-2-9(7-8(10)11)5-3-4-6-12-9/h2-7H2,1H3,(H,10,11)/p-1. The molecule has 1 fully saturated rings. The fourth-order valence-electron chi connectivity index (χ4n) is 1.72. The first kappa shape index (κ1) is 9.52. The molecular formula is C9H15O3-. The van der Waals surface area contributed by atoms with E-state index in [1.54, 1.807) is 0 Å². The van der Waals surface area contributed by atoms with Crippen molar-refractivity contribution >= 4 is 5.97 Å². The molecule has 70 valence electrons. The highest BCUT2D eigenvalue weighted by atomic mass is 16.5. The Morgan fingerprint density at radius 3 is 2.75 bits per heavy atom. The molecule has 0 amide bonds. The highest BCUT2D eigenvalue weighted by Crippen LogP contribution is 2.30. The Bertz CT molecular complexity index is 159. The quantitative estimate of drug-likeness (QED) is 0.620. The van der Waals surface area contributed by atoms with Gasteiger partial charge in [-0.3, -0.25) is 0 Å². The zero-order chi connectivity index (χ0) is 9.03. The summed E-state index contributed by atoms with van der Waals surface area (Å²) in [5, 5.41) is 10.4. The van der Waals surface area contributed by atoms with Crippen LogP contribution in [0, 0.1) is 0 Å². The highest BCUT2D eigenvalue weighted by molar-refractivity contribution is 5.65. The van der Waals surface area contributed by atoms with Crippen molar-refractivity contribution in [2.24, 2.45) is 0 Å². The molecule has 1 atom stereocenters. The zero-order valence-electron chi connectivity index (χ0n) is 7.47. The molecule has 1 saturated heterocycles. The number of carbonyl (C=O) groups excluding carboxylic acids is 1. The van der Waals surface area contributed by atoms with Gasteiger partial charge in [0.25, 0.3) is 0 Å². The van der Waals surface area contributed by atoms with Gasteiger partial charge < -0.3 is 14.6 Å². The molecule has 3 heteroatoms. The average molecular weight is 171 g/mol. The maximum atomic E-state index is 10.4. The number of carbonyl (C=O) groups is 1. The third kappa shape index (κ3) is 2.21. The van der Waals surface area contributed by atoms with E-state index in [0.717, 1.165) is 25.7 Å². The van der Waals surface area contributed by atoms with Crippen LogP contribution in [0.25, 0.3) is 0 Å². The fourth-order valence-corrected chi connectivity index (χ4v) is 1.72. The zero-order valence-corrected chi connectivity index (χ0v) is 7.47. The van der Waals surface area contributed by atoms with Crippen LogP contribution in [0.5, 0.6) is 0 Å². The summed E-state index contributed by atoms with van der Waals surface area (Å²) in [5.41, 5.74) is -0.420. The number of ether oxygens (including phenoxy) is 1. The minimum Gasteiger partial charge on any atom is -0.550 e. The molecule has 0 saturated carbocycles. The van der Waals surface area contributed by atoms with E-state index in [0.29, 0.717) is 6.61 Å². The molecule has 0 aromatic heterocycles. The molecular weight excluding hydrogens is 156 g/mol. The van der Waals surface area contributed by atoms with Crippen LogP contribution in [0.1, 0.15) is 39.0 Å². The number of aliphatic carboxylic acids is 1. The molecule has 3 nitrogen and oxygen atoms in total. The molecule has 0 aromatic rings. The van der Waals surface area contributed by atoms with Crippen LogP contribution < -0.4 is 5.11 Å². The normalized spacial score (nSPS) is 30.1. The Labute approximate surface area is 72.7 Å². The maximum absolute atomic E-state index is 10.4. The third-order valence-corrected chi connectivity index (χ3v) is 2.55. The number of carboxylic acid groups (broad SMARTS) is 1. The summed E-state index contributed by atoms with van der Waals surface area (Å²) in [7, 11) is 0. The molecule has 0 radical (unpaired) electrons. The smallest absolute Gasteiger partial charge is 0.0731 e. The van der Waals surface area contributed by atoms with E-state index in [1.165, 1.54) is 0 Å². The van der Waals surface area contributed by atoms with Crippen molar-refractivity contribution in [2.45, 2.75) is 44.6 Å². The number of rotatable bonds is 3. The van der Waals surface area contributed by atoms with E-state index in [9.17, 15) is 9.90 Å². The van der Waals surface area contributed by atoms with E-state index in [2.05, 4.69) is 0 Å². The largest absolute Gasteiger partial charge is 0.550 e. The predicted octanol–water partition coefficient (Wildman–Crippen LogP) is 0.476. The molecule has 0 bridgehead atoms. The van der Waals surface area contributed by atoms with Gasteiger partial charge in [0, 0.05) is 19.0 Å². The number of hydrogen-bond donors (Lipinski definition) is 0. The van der Waals surface area contributed by atoms with Crippen molar-refractivity contribution in [3.8, 4) is 0 Å². The SMILES string of the molecule is CCC1(CC(=O)[O-])CCCCO1. The van der Waals surface area contributed by atoms with Crippen molar-refractivity contribution in [1.82, 2.24) is 0 Å². The van der Waals surface area contributed by atoms with Gasteiger partial charge in [-0.15, -0.1) is 0 Å². The Kier molecular flexibility index (Phi) is 3.09. The molecule has 0 aliphatic carbocycles. The van der Waals surface area contributed by atoms with Crippen molar-refractivity contribution in [3.05, 3.63) is 0 Å². The molecule has 0 N–H and O–H groups in total. The minimum absolute atomic E-state index is 0.0451. The van der Waals surface area contributed by atoms with E-state index in [4.69, 9.17) is 4.74 Å². The summed E-state index contributed by atoms with van der Waals surface area (Å²) in [6, 6.07) is 0. The van der Waals surface area contributed by atoms with Crippen LogP contribution in [0.3, 0.4) is 0 Å². The lowest BCUT2D eigenvalue weighted by molar-refractivity contribution is -0.310. The molecule has 1 unspecified atom stereocenters. The Morgan fingerprint density at radius 1 is 1.58 bits per heavy atom. The topological polar surface area (TPSA) is 49.4 Å². The monoisotopic (exact) mass is 171 g/mol. The van der Waals surface area contributed by atoms with Gasteiger partial charge in [0.05, 0.1) is 5.60 Å². The first-order valence-electron chi connectivity index (χ1n) is 4.52. The molecule has 0 spiro atoms. The molecule has 1 aliphatic rings. The second-order valence-corrected chi connectivity index (χ2v) is 3.39. The van der Waals surface area contributed by atoms with Crippen LogP contribution >= 0.6 is 0 Å². The van der Waals surface area contributed by atoms with Crippen LogP contribution in [-0.4, -0.2) is 18.2 Å². The van der Waals surface area contributed by atoms with E-state index in [-0.39, 0.29) is 6.42 Å². The lowest BCUT2D eigenvalue weighted by atomic mass is 9.88. The van der Waals surface area contributed by atoms with Gasteiger partial charge in [0.2, 0.25) is 0 Å². The summed E-state index contributed by atoms with van der Waals surface area (Å²) in [4.78, 5) is 10.4. The van der Waals surface area contributed by atoms with Crippen molar-refractivity contribution in [3.63, 3.8) is 0 Å². The fraction of sp³-hybridized carbons (Fsp3) is 0.889. The Hall–Kier alpha value is -0.570. The van der Waals surface area contributed by atoms with Gasteiger partial charge in [0.15, 0.2) is 0 Å². The molecule has 1 rings (SSSR count). The third-order valence-electron chi connectivity index (χ3n) is 2.55. The van der Waals surface area contributed by atoms with Crippen molar-refractivity contribution in [1.29, 1.82) is 0 Å². The summed E-state index contributed by atoms with van der Waals surface area (Å²) < 4.78 is 5.50. The van der Waals surface area contributed by atoms with E-state index in [1.807, 2.05) is 6.92 Å². The van der Waals surface area contributed by atoms with Crippen molar-refractivity contribution in [2.75, 3.05) is 6.61 Å². The van der Waals surface area contributed by atoms with Crippen LogP contribution in [0.15, 0.2) is 0 Å². The van der Waals surface area contributed by atoms with Gasteiger partial charge in [-0.2, -0.15) is 0 Å². The first-order valence-corrected chi connectivity index (χ1v) is 4.52. The van der Waals surface area contributed by atoms with Gasteiger partial charge in [-0.1, -0.05) is 6.92 Å². The average Bonchev–Trinajstić information content (AvgIpc) is 2.05. The lowest BCUT2D eigenvalue weighted by Crippen LogP contribution is -2.41.